The Morgan fingerprint density at radius 3 is 2.46 bits per heavy atom. The number of carbonyl (C=O) groups excluding carboxylic acids is 3. The molecule has 0 aliphatic carbocycles. The fraction of sp³-hybridized carbons (Fsp3) is 0.452. The van der Waals surface area contributed by atoms with Crippen LogP contribution in [0.15, 0.2) is 66.8 Å². The van der Waals surface area contributed by atoms with Crippen molar-refractivity contribution in [2.45, 2.75) is 50.5 Å². The summed E-state index contributed by atoms with van der Waals surface area (Å²) in [6, 6.07) is 12.2. The van der Waals surface area contributed by atoms with Gasteiger partial charge in [-0.1, -0.05) is 61.6 Å². The molecular formula is C31H35N3O5. The van der Waals surface area contributed by atoms with Crippen molar-refractivity contribution in [2.75, 3.05) is 31.1 Å². The molecule has 204 valence electrons. The Hall–Kier alpha value is -3.49. The van der Waals surface area contributed by atoms with E-state index in [0.29, 0.717) is 19.6 Å². The van der Waals surface area contributed by atoms with Crippen molar-refractivity contribution in [1.29, 1.82) is 0 Å². The van der Waals surface area contributed by atoms with Crippen molar-refractivity contribution in [3.8, 4) is 0 Å². The fourth-order valence-electron chi connectivity index (χ4n) is 7.12. The molecule has 3 amide bonds. The number of nitrogens with zero attached hydrogens (tertiary/aromatic N) is 3. The van der Waals surface area contributed by atoms with Gasteiger partial charge in [0, 0.05) is 25.3 Å². The maximum atomic E-state index is 14.5. The van der Waals surface area contributed by atoms with Crippen molar-refractivity contribution in [1.82, 2.24) is 9.80 Å². The molecule has 39 heavy (non-hydrogen) atoms. The Bertz CT molecular complexity index is 1400. The molecule has 1 spiro atoms. The van der Waals surface area contributed by atoms with Gasteiger partial charge in [0.2, 0.25) is 11.8 Å². The molecule has 0 radical (unpaired) electrons. The number of amides is 3. The maximum Gasteiger partial charge on any atom is 0.253 e. The third kappa shape index (κ3) is 3.68. The molecule has 0 saturated carbocycles. The van der Waals surface area contributed by atoms with Gasteiger partial charge in [-0.05, 0) is 43.2 Å². The van der Waals surface area contributed by atoms with Crippen molar-refractivity contribution >= 4 is 34.2 Å². The zero-order valence-corrected chi connectivity index (χ0v) is 22.6. The summed E-state index contributed by atoms with van der Waals surface area (Å²) in [4.78, 5) is 47.7. The summed E-state index contributed by atoms with van der Waals surface area (Å²) < 4.78 is 6.83. The van der Waals surface area contributed by atoms with E-state index in [1.165, 1.54) is 4.90 Å². The molecule has 4 aliphatic heterocycles. The number of likely N-dealkylation sites (tertiary alicyclic amines) is 1. The first-order valence-electron chi connectivity index (χ1n) is 13.8. The summed E-state index contributed by atoms with van der Waals surface area (Å²) in [5, 5.41) is 12.2. The maximum absolute atomic E-state index is 14.5. The van der Waals surface area contributed by atoms with Gasteiger partial charge in [0.15, 0.2) is 0 Å². The van der Waals surface area contributed by atoms with Gasteiger partial charge in [0.1, 0.15) is 11.6 Å². The summed E-state index contributed by atoms with van der Waals surface area (Å²) in [5.41, 5.74) is -1.66. The predicted octanol–water partition coefficient (Wildman–Crippen LogP) is 2.90. The number of hydrogen-bond donors (Lipinski definition) is 1. The molecule has 6 rings (SSSR count). The van der Waals surface area contributed by atoms with E-state index in [9.17, 15) is 19.5 Å². The highest BCUT2D eigenvalue weighted by molar-refractivity contribution is 6.06. The van der Waals surface area contributed by atoms with Gasteiger partial charge in [-0.25, -0.2) is 0 Å². The Balaban J connectivity index is 1.48. The zero-order valence-electron chi connectivity index (χ0n) is 22.6. The average molecular weight is 530 g/mol. The van der Waals surface area contributed by atoms with Gasteiger partial charge in [-0.2, -0.15) is 0 Å². The molecule has 4 aliphatic rings. The lowest BCUT2D eigenvalue weighted by Gasteiger charge is -2.39. The normalized spacial score (nSPS) is 32.8. The molecule has 0 aromatic heterocycles. The number of carbonyl (C=O) groups is 3. The highest BCUT2D eigenvalue weighted by Crippen LogP contribution is 2.58. The summed E-state index contributed by atoms with van der Waals surface area (Å²) in [7, 11) is 0. The van der Waals surface area contributed by atoms with E-state index in [-0.39, 0.29) is 24.3 Å². The van der Waals surface area contributed by atoms with Crippen LogP contribution in [0.3, 0.4) is 0 Å². The van der Waals surface area contributed by atoms with Crippen molar-refractivity contribution in [3.05, 3.63) is 66.8 Å². The van der Waals surface area contributed by atoms with Gasteiger partial charge in [0.05, 0.1) is 30.1 Å². The number of fused-ring (bicyclic) bond motifs is 3. The fourth-order valence-corrected chi connectivity index (χ4v) is 7.12. The van der Waals surface area contributed by atoms with E-state index in [0.717, 1.165) is 22.9 Å². The lowest BCUT2D eigenvalue weighted by Crippen LogP contribution is -2.58. The molecule has 1 N–H and O–H groups in total. The van der Waals surface area contributed by atoms with Crippen LogP contribution in [0.1, 0.15) is 27.2 Å². The minimum absolute atomic E-state index is 0.131. The van der Waals surface area contributed by atoms with Crippen molar-refractivity contribution in [2.24, 2.45) is 11.8 Å². The quantitative estimate of drug-likeness (QED) is 0.602. The smallest absolute Gasteiger partial charge is 0.253 e. The second-order valence-corrected chi connectivity index (χ2v) is 11.3. The summed E-state index contributed by atoms with van der Waals surface area (Å²) in [6.07, 6.45) is 8.35. The van der Waals surface area contributed by atoms with Gasteiger partial charge in [-0.3, -0.25) is 14.4 Å². The first-order valence-corrected chi connectivity index (χ1v) is 13.8. The average Bonchev–Trinajstić information content (AvgIpc) is 3.21. The number of hydrogen-bond acceptors (Lipinski definition) is 5. The molecular weight excluding hydrogens is 494 g/mol. The Morgan fingerprint density at radius 1 is 0.974 bits per heavy atom. The van der Waals surface area contributed by atoms with Gasteiger partial charge in [-0.15, -0.1) is 0 Å². The minimum Gasteiger partial charge on any atom is -0.394 e. The molecule has 6 atom stereocenters. The van der Waals surface area contributed by atoms with Crippen LogP contribution in [0, 0.1) is 11.8 Å². The van der Waals surface area contributed by atoms with E-state index in [2.05, 4.69) is 0 Å². The topological polar surface area (TPSA) is 90.4 Å². The Kier molecular flexibility index (Phi) is 6.15. The van der Waals surface area contributed by atoms with Gasteiger partial charge < -0.3 is 24.5 Å². The summed E-state index contributed by atoms with van der Waals surface area (Å²) in [6.45, 7) is 6.62. The monoisotopic (exact) mass is 529 g/mol. The number of benzene rings is 2. The number of aliphatic hydroxyl groups is 1. The highest BCUT2D eigenvalue weighted by atomic mass is 16.5. The molecule has 0 bridgehead atoms. The van der Waals surface area contributed by atoms with Gasteiger partial charge in [0.25, 0.3) is 5.91 Å². The van der Waals surface area contributed by atoms with Crippen LogP contribution in [0.25, 0.3) is 10.8 Å². The lowest BCUT2D eigenvalue weighted by molar-refractivity contribution is -0.150. The van der Waals surface area contributed by atoms with Crippen LogP contribution in [-0.2, 0) is 19.1 Å². The first-order chi connectivity index (χ1) is 18.8. The molecule has 4 heterocycles. The second-order valence-electron chi connectivity index (χ2n) is 11.3. The van der Waals surface area contributed by atoms with Crippen LogP contribution in [-0.4, -0.2) is 82.2 Å². The van der Waals surface area contributed by atoms with Crippen LogP contribution in [0.2, 0.25) is 0 Å². The predicted molar refractivity (Wildman–Crippen MR) is 148 cm³/mol. The van der Waals surface area contributed by atoms with Crippen molar-refractivity contribution < 1.29 is 24.2 Å². The minimum atomic E-state index is -1.34. The van der Waals surface area contributed by atoms with E-state index < -0.39 is 35.1 Å². The van der Waals surface area contributed by atoms with E-state index in [1.807, 2.05) is 80.6 Å². The van der Waals surface area contributed by atoms with Crippen LogP contribution in [0.4, 0.5) is 5.69 Å². The Labute approximate surface area is 228 Å². The SMILES string of the molecule is CCCN1CC=C[C@]2(C)O[C@]34C=CCN(c5ccc6ccccc6c5)C(=O)C3N([C@H](C)CO)C(=O)[C@@H]4[C@@H]2C1=O. The van der Waals surface area contributed by atoms with Crippen molar-refractivity contribution in [3.63, 3.8) is 0 Å². The summed E-state index contributed by atoms with van der Waals surface area (Å²) >= 11 is 0. The molecule has 8 heteroatoms. The van der Waals surface area contributed by atoms with E-state index >= 15 is 0 Å². The third-order valence-electron chi connectivity index (χ3n) is 8.86. The van der Waals surface area contributed by atoms with Crippen LogP contribution >= 0.6 is 0 Å². The number of ether oxygens (including phenoxy) is 1. The molecule has 2 aromatic rings. The number of aliphatic hydroxyl groups excluding tert-OH is 1. The molecule has 2 aromatic carbocycles. The highest BCUT2D eigenvalue weighted by Gasteiger charge is 2.75. The second kappa shape index (κ2) is 9.31. The first kappa shape index (κ1) is 25.8. The lowest BCUT2D eigenvalue weighted by atomic mass is 9.74. The molecule has 2 saturated heterocycles. The molecule has 1 unspecified atom stereocenters. The Morgan fingerprint density at radius 2 is 1.72 bits per heavy atom. The number of rotatable bonds is 5. The van der Waals surface area contributed by atoms with Gasteiger partial charge >= 0.3 is 0 Å². The van der Waals surface area contributed by atoms with E-state index in [4.69, 9.17) is 4.74 Å². The standard InChI is InChI=1S/C31H35N3O5/c1-4-15-32-16-7-13-30(3)24(27(32)36)25-28(37)34(20(2)19-35)26-29(38)33(17-8-14-31(25,26)39-30)23-12-11-21-9-5-6-10-22(21)18-23/h5-14,18,20,24-26,35H,4,15-17,19H2,1-3H3/t20-,24-,25+,26?,30+,31+/m1/s1. The largest absolute Gasteiger partial charge is 0.394 e. The van der Waals surface area contributed by atoms with E-state index in [1.54, 1.807) is 16.7 Å². The van der Waals surface area contributed by atoms with Crippen LogP contribution in [0.5, 0.6) is 0 Å². The number of anilines is 1. The summed E-state index contributed by atoms with van der Waals surface area (Å²) in [5.74, 6) is -2.40. The molecule has 8 nitrogen and oxygen atoms in total. The van der Waals surface area contributed by atoms with Crippen LogP contribution < -0.4 is 4.90 Å². The third-order valence-corrected chi connectivity index (χ3v) is 8.86. The molecule has 2 fully saturated rings. The zero-order chi connectivity index (χ0) is 27.5.